The Bertz CT molecular complexity index is 649. The monoisotopic (exact) mass is 312 g/mol. The van der Waals surface area contributed by atoms with Gasteiger partial charge in [-0.3, -0.25) is 0 Å². The van der Waals surface area contributed by atoms with Gasteiger partial charge in [-0.1, -0.05) is 38.1 Å². The second-order valence-electron chi connectivity index (χ2n) is 6.53. The maximum absolute atomic E-state index is 5.67. The number of quaternary nitrogens is 1. The van der Waals surface area contributed by atoms with Gasteiger partial charge >= 0.3 is 0 Å². The smallest absolute Gasteiger partial charge is 0.161 e. The van der Waals surface area contributed by atoms with E-state index in [-0.39, 0.29) is 0 Å². The molecule has 3 heteroatoms. The molecule has 2 aromatic carbocycles. The van der Waals surface area contributed by atoms with Gasteiger partial charge in [0.15, 0.2) is 11.5 Å². The van der Waals surface area contributed by atoms with E-state index in [1.807, 2.05) is 6.07 Å². The summed E-state index contributed by atoms with van der Waals surface area (Å²) >= 11 is 0. The second-order valence-corrected chi connectivity index (χ2v) is 6.53. The van der Waals surface area contributed by atoms with E-state index in [2.05, 4.69) is 62.5 Å². The number of rotatable bonds is 5. The molecule has 1 aliphatic rings. The van der Waals surface area contributed by atoms with Crippen LogP contribution in [0.5, 0.6) is 11.5 Å². The topological polar surface area (TPSA) is 35.1 Å². The van der Waals surface area contributed by atoms with Gasteiger partial charge in [-0.25, -0.2) is 0 Å². The van der Waals surface area contributed by atoms with Crippen molar-refractivity contribution in [2.24, 2.45) is 0 Å². The summed E-state index contributed by atoms with van der Waals surface area (Å²) in [7, 11) is 0. The van der Waals surface area contributed by atoms with Crippen molar-refractivity contribution in [3.05, 3.63) is 59.2 Å². The molecule has 0 fully saturated rings. The van der Waals surface area contributed by atoms with E-state index < -0.39 is 0 Å². The Morgan fingerprint density at radius 1 is 0.870 bits per heavy atom. The van der Waals surface area contributed by atoms with Crippen molar-refractivity contribution in [2.45, 2.75) is 39.3 Å². The molecule has 1 atom stereocenters. The fourth-order valence-electron chi connectivity index (χ4n) is 2.83. The Morgan fingerprint density at radius 3 is 2.22 bits per heavy atom. The molecule has 0 unspecified atom stereocenters. The zero-order valence-electron chi connectivity index (χ0n) is 14.2. The van der Waals surface area contributed by atoms with Crippen LogP contribution in [0.1, 0.15) is 49.4 Å². The first-order valence-corrected chi connectivity index (χ1v) is 8.45. The molecule has 122 valence electrons. The number of benzene rings is 2. The third-order valence-corrected chi connectivity index (χ3v) is 4.45. The fraction of sp³-hybridized carbons (Fsp3) is 0.400. The minimum Gasteiger partial charge on any atom is -0.486 e. The van der Waals surface area contributed by atoms with Crippen molar-refractivity contribution < 1.29 is 14.8 Å². The molecule has 0 spiro atoms. The molecule has 2 N–H and O–H groups in total. The van der Waals surface area contributed by atoms with Gasteiger partial charge in [0, 0.05) is 11.1 Å². The lowest BCUT2D eigenvalue weighted by atomic mass is 10.0. The van der Waals surface area contributed by atoms with Crippen molar-refractivity contribution >= 4 is 0 Å². The predicted molar refractivity (Wildman–Crippen MR) is 92.0 cm³/mol. The largest absolute Gasteiger partial charge is 0.486 e. The number of fused-ring (bicyclic) bond motifs is 1. The van der Waals surface area contributed by atoms with Gasteiger partial charge in [-0.15, -0.1) is 0 Å². The van der Waals surface area contributed by atoms with Crippen LogP contribution >= 0.6 is 0 Å². The summed E-state index contributed by atoms with van der Waals surface area (Å²) in [5, 5.41) is 2.36. The summed E-state index contributed by atoms with van der Waals surface area (Å²) in [4.78, 5) is 0. The Labute approximate surface area is 138 Å². The third-order valence-electron chi connectivity index (χ3n) is 4.45. The minimum absolute atomic E-state index is 0.385. The van der Waals surface area contributed by atoms with Gasteiger partial charge in [-0.05, 0) is 36.6 Å². The summed E-state index contributed by atoms with van der Waals surface area (Å²) < 4.78 is 11.3. The maximum atomic E-state index is 5.67. The van der Waals surface area contributed by atoms with Crippen LogP contribution < -0.4 is 14.8 Å². The second kappa shape index (κ2) is 7.05. The molecular weight excluding hydrogens is 286 g/mol. The molecule has 0 radical (unpaired) electrons. The average molecular weight is 312 g/mol. The van der Waals surface area contributed by atoms with E-state index in [1.54, 1.807) is 0 Å². The molecule has 0 saturated carbocycles. The lowest BCUT2D eigenvalue weighted by Gasteiger charge is -2.20. The van der Waals surface area contributed by atoms with Crippen LogP contribution in [-0.2, 0) is 6.54 Å². The molecule has 23 heavy (non-hydrogen) atoms. The van der Waals surface area contributed by atoms with E-state index >= 15 is 0 Å². The zero-order valence-corrected chi connectivity index (χ0v) is 14.2. The first-order chi connectivity index (χ1) is 11.1. The van der Waals surface area contributed by atoms with E-state index in [0.29, 0.717) is 25.2 Å². The standard InChI is InChI=1S/C20H25NO2/c1-14(2)17-6-4-16(5-7-17)13-21-15(3)18-8-9-19-20(12-18)23-11-10-22-19/h4-9,12,14-15,21H,10-11,13H2,1-3H3/p+1/t15-/m0/s1. The van der Waals surface area contributed by atoms with E-state index in [1.165, 1.54) is 16.7 Å². The van der Waals surface area contributed by atoms with Gasteiger partial charge in [0.1, 0.15) is 25.8 Å². The normalized spacial score (nSPS) is 14.8. The van der Waals surface area contributed by atoms with Crippen LogP contribution in [-0.4, -0.2) is 13.2 Å². The summed E-state index contributed by atoms with van der Waals surface area (Å²) in [6.45, 7) is 8.94. The van der Waals surface area contributed by atoms with Crippen molar-refractivity contribution in [3.8, 4) is 11.5 Å². The molecule has 0 bridgehead atoms. The van der Waals surface area contributed by atoms with Crippen LogP contribution in [0.3, 0.4) is 0 Å². The molecule has 1 aliphatic heterocycles. The van der Waals surface area contributed by atoms with Crippen LogP contribution in [0.2, 0.25) is 0 Å². The van der Waals surface area contributed by atoms with Gasteiger partial charge in [0.05, 0.1) is 0 Å². The van der Waals surface area contributed by atoms with Crippen LogP contribution in [0.4, 0.5) is 0 Å². The molecule has 2 aromatic rings. The molecule has 3 nitrogen and oxygen atoms in total. The lowest BCUT2D eigenvalue weighted by molar-refractivity contribution is -0.707. The fourth-order valence-corrected chi connectivity index (χ4v) is 2.83. The summed E-state index contributed by atoms with van der Waals surface area (Å²) in [5.41, 5.74) is 4.03. The molecule has 0 amide bonds. The maximum Gasteiger partial charge on any atom is 0.161 e. The van der Waals surface area contributed by atoms with E-state index in [0.717, 1.165) is 18.0 Å². The van der Waals surface area contributed by atoms with Crippen molar-refractivity contribution in [3.63, 3.8) is 0 Å². The Balaban J connectivity index is 1.61. The Morgan fingerprint density at radius 2 is 1.52 bits per heavy atom. The van der Waals surface area contributed by atoms with Crippen LogP contribution in [0.25, 0.3) is 0 Å². The highest BCUT2D eigenvalue weighted by atomic mass is 16.6. The number of hydrogen-bond donors (Lipinski definition) is 1. The average Bonchev–Trinajstić information content (AvgIpc) is 2.59. The van der Waals surface area contributed by atoms with Gasteiger partial charge in [0.25, 0.3) is 0 Å². The number of hydrogen-bond acceptors (Lipinski definition) is 2. The van der Waals surface area contributed by atoms with Crippen molar-refractivity contribution in [1.82, 2.24) is 0 Å². The Kier molecular flexibility index (Phi) is 4.87. The minimum atomic E-state index is 0.385. The van der Waals surface area contributed by atoms with Gasteiger partial charge < -0.3 is 14.8 Å². The Hall–Kier alpha value is -2.00. The highest BCUT2D eigenvalue weighted by Crippen LogP contribution is 2.31. The molecule has 1 heterocycles. The quantitative estimate of drug-likeness (QED) is 0.918. The summed E-state index contributed by atoms with van der Waals surface area (Å²) in [5.74, 6) is 2.32. The first-order valence-electron chi connectivity index (χ1n) is 8.45. The summed E-state index contributed by atoms with van der Waals surface area (Å²) in [6, 6.07) is 15.6. The van der Waals surface area contributed by atoms with E-state index in [9.17, 15) is 0 Å². The molecule has 0 aromatic heterocycles. The molecule has 3 rings (SSSR count). The summed E-state index contributed by atoms with van der Waals surface area (Å²) in [6.07, 6.45) is 0. The third kappa shape index (κ3) is 3.85. The molecule has 0 saturated heterocycles. The van der Waals surface area contributed by atoms with Crippen LogP contribution in [0, 0.1) is 0 Å². The predicted octanol–water partition coefficient (Wildman–Crippen LogP) is 3.41. The molecule has 0 aliphatic carbocycles. The van der Waals surface area contributed by atoms with E-state index in [4.69, 9.17) is 9.47 Å². The lowest BCUT2D eigenvalue weighted by Crippen LogP contribution is -2.83. The van der Waals surface area contributed by atoms with Crippen molar-refractivity contribution in [1.29, 1.82) is 0 Å². The number of ether oxygens (including phenoxy) is 2. The van der Waals surface area contributed by atoms with Crippen LogP contribution in [0.15, 0.2) is 42.5 Å². The first kappa shape index (κ1) is 15.9. The highest BCUT2D eigenvalue weighted by molar-refractivity contribution is 5.44. The van der Waals surface area contributed by atoms with Crippen molar-refractivity contribution in [2.75, 3.05) is 13.2 Å². The molecular formula is C20H26NO2+. The highest BCUT2D eigenvalue weighted by Gasteiger charge is 2.16. The SMILES string of the molecule is CC(C)c1ccc(C[NH2+][C@@H](C)c2ccc3c(c2)OCCO3)cc1. The number of nitrogens with two attached hydrogens (primary N) is 1. The van der Waals surface area contributed by atoms with Gasteiger partial charge in [-0.2, -0.15) is 0 Å². The van der Waals surface area contributed by atoms with Gasteiger partial charge in [0.2, 0.25) is 0 Å². The zero-order chi connectivity index (χ0) is 16.2.